The lowest BCUT2D eigenvalue weighted by atomic mass is 9.91. The molecule has 0 fully saturated rings. The molecule has 81 heavy (non-hydrogen) atoms. The van der Waals surface area contributed by atoms with Crippen molar-refractivity contribution in [3.63, 3.8) is 0 Å². The maximum Gasteiger partial charge on any atom is 0.208 e. The fraction of sp³-hybridized carbons (Fsp3) is 0.851. The lowest BCUT2D eigenvalue weighted by molar-refractivity contribution is -0.0717. The van der Waals surface area contributed by atoms with Gasteiger partial charge in [0.05, 0.1) is 37.3 Å². The smallest absolute Gasteiger partial charge is 0.208 e. The molecule has 4 heterocycles. The van der Waals surface area contributed by atoms with Crippen LogP contribution in [0.25, 0.3) is 0 Å². The Labute approximate surface area is 502 Å². The molecule has 12 nitrogen and oxygen atoms in total. The summed E-state index contributed by atoms with van der Waals surface area (Å²) in [5, 5.41) is 3.67. The van der Waals surface area contributed by atoms with Gasteiger partial charge < -0.3 is 47.4 Å². The fourth-order valence-electron chi connectivity index (χ4n) is 10.2. The number of carbonyl (C=O) groups excluding carboxylic acids is 2. The summed E-state index contributed by atoms with van der Waals surface area (Å²) in [6, 6.07) is 0. The predicted molar refractivity (Wildman–Crippen MR) is 335 cm³/mol. The first-order chi connectivity index (χ1) is 39.4. The van der Waals surface area contributed by atoms with Crippen LogP contribution in [0.4, 0.5) is 0 Å². The Morgan fingerprint density at radius 3 is 0.963 bits per heavy atom. The van der Waals surface area contributed by atoms with Crippen molar-refractivity contribution >= 4 is 34.2 Å². The summed E-state index contributed by atoms with van der Waals surface area (Å²) in [5.74, 6) is 2.83. The number of thiophene rings is 2. The first-order valence-corrected chi connectivity index (χ1v) is 34.6. The van der Waals surface area contributed by atoms with Crippen molar-refractivity contribution < 1.29 is 57.0 Å². The Morgan fingerprint density at radius 1 is 0.420 bits per heavy atom. The third-order valence-electron chi connectivity index (χ3n) is 16.3. The molecule has 0 bridgehead atoms. The summed E-state index contributed by atoms with van der Waals surface area (Å²) < 4.78 is 66.0. The minimum absolute atomic E-state index is 0.234. The van der Waals surface area contributed by atoms with Gasteiger partial charge in [-0.3, -0.25) is 9.59 Å². The number of Topliss-reactive ketones (excluding diaryl/α,β-unsaturated/α-hetero) is 2. The maximum atomic E-state index is 15.3. The van der Waals surface area contributed by atoms with Crippen LogP contribution in [0.2, 0.25) is 0 Å². The molecule has 0 saturated heterocycles. The summed E-state index contributed by atoms with van der Waals surface area (Å²) in [5.41, 5.74) is -1.23. The molecule has 0 radical (unpaired) electrons. The molecule has 0 aromatic carbocycles. The second-order valence-corrected chi connectivity index (χ2v) is 25.5. The van der Waals surface area contributed by atoms with Gasteiger partial charge in [0.15, 0.2) is 35.2 Å². The van der Waals surface area contributed by atoms with E-state index in [2.05, 4.69) is 83.1 Å². The summed E-state index contributed by atoms with van der Waals surface area (Å²) in [6.07, 6.45) is 22.7. The topological polar surface area (TPSA) is 126 Å². The molecule has 0 amide bonds. The molecule has 470 valence electrons. The van der Waals surface area contributed by atoms with Crippen LogP contribution in [-0.2, 0) is 28.4 Å². The largest absolute Gasteiger partial charge is 0.488 e. The van der Waals surface area contributed by atoms with Crippen LogP contribution in [0, 0.1) is 34.5 Å². The summed E-state index contributed by atoms with van der Waals surface area (Å²) in [6.45, 7) is 32.3. The van der Waals surface area contributed by atoms with Crippen LogP contribution in [0.15, 0.2) is 10.8 Å². The third-order valence-corrected chi connectivity index (χ3v) is 18.2. The second kappa shape index (κ2) is 43.3. The molecule has 2 aliphatic rings. The van der Waals surface area contributed by atoms with Gasteiger partial charge in [-0.05, 0) is 62.2 Å². The van der Waals surface area contributed by atoms with Crippen molar-refractivity contribution in [3.8, 4) is 23.0 Å². The van der Waals surface area contributed by atoms with Gasteiger partial charge in [0.25, 0.3) is 0 Å². The van der Waals surface area contributed by atoms with Gasteiger partial charge in [-0.15, -0.1) is 22.7 Å². The van der Waals surface area contributed by atoms with Crippen molar-refractivity contribution in [2.24, 2.45) is 34.5 Å². The minimum atomic E-state index is -1.27. The van der Waals surface area contributed by atoms with E-state index < -0.39 is 23.0 Å². The van der Waals surface area contributed by atoms with Crippen LogP contribution in [0.3, 0.4) is 0 Å². The first kappa shape index (κ1) is 73.0. The van der Waals surface area contributed by atoms with Crippen molar-refractivity contribution in [1.29, 1.82) is 0 Å². The number of hydrogen-bond donors (Lipinski definition) is 0. The molecule has 2 aliphatic heterocycles. The molecule has 0 aliphatic carbocycles. The molecule has 0 saturated carbocycles. The van der Waals surface area contributed by atoms with Crippen LogP contribution in [-0.4, -0.2) is 116 Å². The van der Waals surface area contributed by atoms with Gasteiger partial charge in [0.1, 0.15) is 36.2 Å². The summed E-state index contributed by atoms with van der Waals surface area (Å²) in [7, 11) is 0. The van der Waals surface area contributed by atoms with Crippen LogP contribution in [0.5, 0.6) is 23.0 Å². The highest BCUT2D eigenvalue weighted by Gasteiger charge is 2.45. The van der Waals surface area contributed by atoms with Gasteiger partial charge in [0.2, 0.25) is 11.6 Å². The van der Waals surface area contributed by atoms with E-state index in [0.717, 1.165) is 89.9 Å². The van der Waals surface area contributed by atoms with E-state index in [0.29, 0.717) is 135 Å². The standard InChI is InChI=1S/C62H106O12S2.C5H12/c1-11-21-27-47(17-7)33-65-39-61(40-66-34-48(18-8)28-22-12-2)43-71-51-37-75-59(55(51)73-45-61)53(63)57(69-31-25-15-5)58(70-32-26-16-6)54(64)60-56-52(38-76-60)72-44-62(46-74-56,41-67-35-49(19-9)29-23-13-3)42-68-36-50(20-10)30-24-14-4;1-3-5-4-2/h37-38,47-50,57-58H,11-36,39-46H2,1-10H3;3-5H2,1-2H3. The predicted octanol–water partition coefficient (Wildman–Crippen LogP) is 17.9. The van der Waals surface area contributed by atoms with E-state index in [1.165, 1.54) is 67.6 Å². The monoisotopic (exact) mass is 1180 g/mol. The second-order valence-electron chi connectivity index (χ2n) is 23.8. The number of fused-ring (bicyclic) bond motifs is 2. The normalized spacial score (nSPS) is 19.2. The highest BCUT2D eigenvalue weighted by atomic mass is 32.1. The maximum absolute atomic E-state index is 15.3. The van der Waals surface area contributed by atoms with Gasteiger partial charge in [0, 0.05) is 50.4 Å². The lowest BCUT2D eigenvalue weighted by Crippen LogP contribution is -2.44. The summed E-state index contributed by atoms with van der Waals surface area (Å²) >= 11 is 2.49. The Bertz CT molecular complexity index is 1720. The third kappa shape index (κ3) is 25.7. The van der Waals surface area contributed by atoms with E-state index >= 15 is 9.59 Å². The Hall–Kier alpha value is -2.30. The number of carbonyl (C=O) groups is 2. The molecule has 0 N–H and O–H groups in total. The van der Waals surface area contributed by atoms with Crippen molar-refractivity contribution in [2.75, 3.05) is 92.5 Å². The molecule has 6 unspecified atom stereocenters. The van der Waals surface area contributed by atoms with Crippen LogP contribution >= 0.6 is 22.7 Å². The Morgan fingerprint density at radius 2 is 0.704 bits per heavy atom. The molecule has 0 spiro atoms. The zero-order valence-corrected chi connectivity index (χ0v) is 55.1. The molecule has 2 aromatic rings. The van der Waals surface area contributed by atoms with E-state index in [4.69, 9.17) is 47.4 Å². The Balaban J connectivity index is 0.00000329. The minimum Gasteiger partial charge on any atom is -0.488 e. The quantitative estimate of drug-likeness (QED) is 0.0462. The summed E-state index contributed by atoms with van der Waals surface area (Å²) in [4.78, 5) is 31.3. The van der Waals surface area contributed by atoms with Crippen molar-refractivity contribution in [3.05, 3.63) is 20.5 Å². The Kier molecular flexibility index (Phi) is 39.0. The number of ketones is 2. The van der Waals surface area contributed by atoms with Gasteiger partial charge >= 0.3 is 0 Å². The SMILES string of the molecule is CCCCC.CCCCOC(C(=O)c1scc2c1OCC(COCC(CC)CCCC)(COCC(CC)CCCC)CO2)C(OCCCC)C(=O)c1scc2c1OCC(COCC(CC)CCCC)(COCC(CC)CCCC)CO2. The van der Waals surface area contributed by atoms with Crippen molar-refractivity contribution in [1.82, 2.24) is 0 Å². The fourth-order valence-corrected chi connectivity index (χ4v) is 12.0. The van der Waals surface area contributed by atoms with E-state index in [1.807, 2.05) is 10.8 Å². The molecular weight excluding hydrogens is 1060 g/mol. The average Bonchev–Trinajstić information content (AvgIpc) is 4.04. The van der Waals surface area contributed by atoms with E-state index in [9.17, 15) is 0 Å². The number of hydrogen-bond acceptors (Lipinski definition) is 14. The van der Waals surface area contributed by atoms with Gasteiger partial charge in [-0.25, -0.2) is 0 Å². The zero-order chi connectivity index (χ0) is 59.1. The highest BCUT2D eigenvalue weighted by molar-refractivity contribution is 7.13. The zero-order valence-electron chi connectivity index (χ0n) is 53.5. The lowest BCUT2D eigenvalue weighted by Gasteiger charge is -2.32. The first-order valence-electron chi connectivity index (χ1n) is 32.8. The van der Waals surface area contributed by atoms with Crippen LogP contribution < -0.4 is 18.9 Å². The average molecular weight is 1180 g/mol. The van der Waals surface area contributed by atoms with E-state index in [1.54, 1.807) is 0 Å². The molecule has 14 heteroatoms. The number of rotatable bonds is 47. The molecule has 2 aromatic heterocycles. The molecular formula is C67H118O12S2. The molecule has 6 atom stereocenters. The van der Waals surface area contributed by atoms with Crippen LogP contribution in [0.1, 0.15) is 250 Å². The number of ether oxygens (including phenoxy) is 10. The van der Waals surface area contributed by atoms with Gasteiger partial charge in [-0.1, -0.05) is 192 Å². The van der Waals surface area contributed by atoms with E-state index in [-0.39, 0.29) is 38.0 Å². The highest BCUT2D eigenvalue weighted by Crippen LogP contribution is 2.45. The molecule has 4 rings (SSSR count). The van der Waals surface area contributed by atoms with Crippen molar-refractivity contribution in [2.45, 2.75) is 243 Å². The number of unbranched alkanes of at least 4 members (excludes halogenated alkanes) is 8. The van der Waals surface area contributed by atoms with Gasteiger partial charge in [-0.2, -0.15) is 0 Å².